The first kappa shape index (κ1) is 24.3. The number of benzene rings is 2. The first-order chi connectivity index (χ1) is 14.6. The number of carbonyl (C=O) groups excluding carboxylic acids is 2. The normalized spacial score (nSPS) is 13.2. The molecule has 0 fully saturated rings. The SMILES string of the molecule is CC[C@H](C)NC(=O)c1ccccc1NC(=O)[C@H](CC)N(c1ccc(F)cc1)S(C)(=O)=O. The summed E-state index contributed by atoms with van der Waals surface area (Å²) in [7, 11) is -3.85. The zero-order valence-corrected chi connectivity index (χ0v) is 18.9. The Morgan fingerprint density at radius 3 is 2.19 bits per heavy atom. The van der Waals surface area contributed by atoms with Crippen LogP contribution < -0.4 is 14.9 Å². The second-order valence-corrected chi connectivity index (χ2v) is 9.14. The lowest BCUT2D eigenvalue weighted by Crippen LogP contribution is -2.47. The summed E-state index contributed by atoms with van der Waals surface area (Å²) in [5.74, 6) is -1.45. The van der Waals surface area contributed by atoms with E-state index >= 15 is 0 Å². The van der Waals surface area contributed by atoms with E-state index in [-0.39, 0.29) is 35.3 Å². The summed E-state index contributed by atoms with van der Waals surface area (Å²) in [6, 6.07) is 10.3. The molecule has 0 heterocycles. The molecule has 0 aromatic heterocycles. The highest BCUT2D eigenvalue weighted by Crippen LogP contribution is 2.24. The summed E-state index contributed by atoms with van der Waals surface area (Å²) in [4.78, 5) is 25.7. The highest BCUT2D eigenvalue weighted by molar-refractivity contribution is 7.92. The Hall–Kier alpha value is -2.94. The molecular formula is C22H28FN3O4S. The molecule has 2 N–H and O–H groups in total. The Kier molecular flexibility index (Phi) is 8.15. The molecule has 2 aromatic carbocycles. The molecule has 9 heteroatoms. The van der Waals surface area contributed by atoms with E-state index in [4.69, 9.17) is 0 Å². The van der Waals surface area contributed by atoms with Gasteiger partial charge in [-0.25, -0.2) is 12.8 Å². The van der Waals surface area contributed by atoms with Crippen molar-refractivity contribution >= 4 is 33.2 Å². The van der Waals surface area contributed by atoms with Crippen LogP contribution in [-0.4, -0.2) is 38.6 Å². The fourth-order valence-corrected chi connectivity index (χ4v) is 4.27. The highest BCUT2D eigenvalue weighted by Gasteiger charge is 2.32. The molecule has 0 saturated carbocycles. The zero-order chi connectivity index (χ0) is 23.2. The van der Waals surface area contributed by atoms with Crippen LogP contribution in [0, 0.1) is 5.82 Å². The number of para-hydroxylation sites is 1. The molecule has 0 radical (unpaired) electrons. The molecule has 0 aliphatic heterocycles. The smallest absolute Gasteiger partial charge is 0.253 e. The minimum atomic E-state index is -3.85. The van der Waals surface area contributed by atoms with Gasteiger partial charge in [0, 0.05) is 6.04 Å². The molecule has 2 aromatic rings. The van der Waals surface area contributed by atoms with Gasteiger partial charge in [0.2, 0.25) is 15.9 Å². The number of hydrogen-bond donors (Lipinski definition) is 2. The largest absolute Gasteiger partial charge is 0.350 e. The highest BCUT2D eigenvalue weighted by atomic mass is 32.2. The quantitative estimate of drug-likeness (QED) is 0.612. The van der Waals surface area contributed by atoms with Crippen LogP contribution in [0.5, 0.6) is 0 Å². The zero-order valence-electron chi connectivity index (χ0n) is 18.1. The van der Waals surface area contributed by atoms with Crippen LogP contribution >= 0.6 is 0 Å². The predicted octanol–water partition coefficient (Wildman–Crippen LogP) is 3.54. The summed E-state index contributed by atoms with van der Waals surface area (Å²) in [5.41, 5.74) is 0.728. The number of anilines is 2. The van der Waals surface area contributed by atoms with Crippen molar-refractivity contribution in [3.05, 3.63) is 59.9 Å². The number of nitrogens with zero attached hydrogens (tertiary/aromatic N) is 1. The molecule has 0 aliphatic carbocycles. The van der Waals surface area contributed by atoms with Crippen molar-refractivity contribution in [3.63, 3.8) is 0 Å². The van der Waals surface area contributed by atoms with Crippen LogP contribution in [0.2, 0.25) is 0 Å². The number of nitrogens with one attached hydrogen (secondary N) is 2. The Balaban J connectivity index is 2.36. The third kappa shape index (κ3) is 6.27. The maximum atomic E-state index is 13.3. The van der Waals surface area contributed by atoms with Gasteiger partial charge in [-0.15, -0.1) is 0 Å². The van der Waals surface area contributed by atoms with Gasteiger partial charge in [0.05, 0.1) is 23.2 Å². The lowest BCUT2D eigenvalue weighted by Gasteiger charge is -2.30. The standard InChI is InChI=1S/C22H28FN3O4S/c1-5-15(3)24-21(27)18-9-7-8-10-19(18)25-22(28)20(6-2)26(31(4,29)30)17-13-11-16(23)12-14-17/h7-15,20H,5-6H2,1-4H3,(H,24,27)(H,25,28)/t15-,20-/m0/s1. The van der Waals surface area contributed by atoms with E-state index in [0.29, 0.717) is 0 Å². The number of hydrogen-bond acceptors (Lipinski definition) is 4. The van der Waals surface area contributed by atoms with Gasteiger partial charge in [-0.3, -0.25) is 13.9 Å². The molecule has 2 amide bonds. The van der Waals surface area contributed by atoms with E-state index in [9.17, 15) is 22.4 Å². The number of sulfonamides is 1. The van der Waals surface area contributed by atoms with Crippen LogP contribution in [0.25, 0.3) is 0 Å². The molecular weight excluding hydrogens is 421 g/mol. The van der Waals surface area contributed by atoms with Crippen molar-refractivity contribution in [2.75, 3.05) is 15.9 Å². The van der Waals surface area contributed by atoms with Crippen molar-refractivity contribution < 1.29 is 22.4 Å². The van der Waals surface area contributed by atoms with E-state index in [2.05, 4.69) is 10.6 Å². The fraction of sp³-hybridized carbons (Fsp3) is 0.364. The molecule has 2 atom stereocenters. The van der Waals surface area contributed by atoms with Crippen molar-refractivity contribution in [3.8, 4) is 0 Å². The molecule has 31 heavy (non-hydrogen) atoms. The van der Waals surface area contributed by atoms with Gasteiger partial charge in [-0.1, -0.05) is 26.0 Å². The first-order valence-electron chi connectivity index (χ1n) is 10.0. The molecule has 7 nitrogen and oxygen atoms in total. The summed E-state index contributed by atoms with van der Waals surface area (Å²) < 4.78 is 39.3. The summed E-state index contributed by atoms with van der Waals surface area (Å²) in [6.45, 7) is 5.49. The molecule has 0 bridgehead atoms. The second-order valence-electron chi connectivity index (χ2n) is 7.28. The fourth-order valence-electron chi connectivity index (χ4n) is 3.06. The van der Waals surface area contributed by atoms with E-state index in [1.807, 2.05) is 13.8 Å². The van der Waals surface area contributed by atoms with Gasteiger partial charge in [0.1, 0.15) is 11.9 Å². The van der Waals surface area contributed by atoms with Gasteiger partial charge >= 0.3 is 0 Å². The summed E-state index contributed by atoms with van der Waals surface area (Å²) >= 11 is 0. The van der Waals surface area contributed by atoms with Crippen molar-refractivity contribution in [2.24, 2.45) is 0 Å². The number of rotatable bonds is 9. The van der Waals surface area contributed by atoms with Crippen molar-refractivity contribution in [1.29, 1.82) is 0 Å². The Labute approximate surface area is 182 Å². The second kappa shape index (κ2) is 10.4. The van der Waals surface area contributed by atoms with Gasteiger partial charge in [-0.05, 0) is 56.2 Å². The van der Waals surface area contributed by atoms with Crippen LogP contribution in [-0.2, 0) is 14.8 Å². The minimum Gasteiger partial charge on any atom is -0.350 e. The molecule has 0 aliphatic rings. The summed E-state index contributed by atoms with van der Waals surface area (Å²) in [5, 5.41) is 5.54. The third-order valence-electron chi connectivity index (χ3n) is 4.83. The Bertz CT molecular complexity index is 1030. The van der Waals surface area contributed by atoms with Crippen LogP contribution in [0.3, 0.4) is 0 Å². The lowest BCUT2D eigenvalue weighted by atomic mass is 10.1. The van der Waals surface area contributed by atoms with Gasteiger partial charge in [0.15, 0.2) is 0 Å². The average Bonchev–Trinajstić information content (AvgIpc) is 2.72. The van der Waals surface area contributed by atoms with E-state index in [1.54, 1.807) is 31.2 Å². The molecule has 0 unspecified atom stereocenters. The number of amides is 2. The Morgan fingerprint density at radius 2 is 1.65 bits per heavy atom. The van der Waals surface area contributed by atoms with Crippen molar-refractivity contribution in [2.45, 2.75) is 45.7 Å². The van der Waals surface area contributed by atoms with E-state index in [1.165, 1.54) is 12.1 Å². The lowest BCUT2D eigenvalue weighted by molar-refractivity contribution is -0.117. The maximum Gasteiger partial charge on any atom is 0.253 e. The molecule has 0 spiro atoms. The van der Waals surface area contributed by atoms with E-state index < -0.39 is 27.8 Å². The van der Waals surface area contributed by atoms with Crippen molar-refractivity contribution in [1.82, 2.24) is 5.32 Å². The van der Waals surface area contributed by atoms with E-state index in [0.717, 1.165) is 29.1 Å². The minimum absolute atomic E-state index is 0.0427. The summed E-state index contributed by atoms with van der Waals surface area (Å²) in [6.07, 6.45) is 1.90. The Morgan fingerprint density at radius 1 is 1.03 bits per heavy atom. The van der Waals surface area contributed by atoms with Crippen LogP contribution in [0.4, 0.5) is 15.8 Å². The van der Waals surface area contributed by atoms with Gasteiger partial charge in [0.25, 0.3) is 5.91 Å². The van der Waals surface area contributed by atoms with Gasteiger partial charge < -0.3 is 10.6 Å². The molecule has 2 rings (SSSR count). The van der Waals surface area contributed by atoms with Gasteiger partial charge in [-0.2, -0.15) is 0 Å². The average molecular weight is 450 g/mol. The monoisotopic (exact) mass is 449 g/mol. The van der Waals surface area contributed by atoms with Crippen LogP contribution in [0.15, 0.2) is 48.5 Å². The predicted molar refractivity (Wildman–Crippen MR) is 120 cm³/mol. The van der Waals surface area contributed by atoms with Crippen LogP contribution in [0.1, 0.15) is 44.0 Å². The number of halogens is 1. The maximum absolute atomic E-state index is 13.3. The topological polar surface area (TPSA) is 95.6 Å². The molecule has 168 valence electrons. The molecule has 0 saturated heterocycles. The number of carbonyl (C=O) groups is 2. The first-order valence-corrected chi connectivity index (χ1v) is 11.9. The third-order valence-corrected chi connectivity index (χ3v) is 6.01.